The van der Waals surface area contributed by atoms with Crippen molar-refractivity contribution >= 4 is 11.9 Å². The van der Waals surface area contributed by atoms with Gasteiger partial charge in [-0.3, -0.25) is 14.9 Å². The minimum atomic E-state index is -1.31. The molecule has 3 fully saturated rings. The number of fused-ring (bicyclic) bond motifs is 2. The molecule has 0 spiro atoms. The van der Waals surface area contributed by atoms with E-state index in [9.17, 15) is 19.7 Å². The highest BCUT2D eigenvalue weighted by molar-refractivity contribution is 5.93. The fourth-order valence-electron chi connectivity index (χ4n) is 4.08. The number of carbonyl (C=O) groups is 2. The summed E-state index contributed by atoms with van der Waals surface area (Å²) in [6.45, 7) is 6.10. The van der Waals surface area contributed by atoms with E-state index in [0.717, 1.165) is 12.6 Å². The first-order chi connectivity index (χ1) is 11.1. The maximum atomic E-state index is 12.9. The van der Waals surface area contributed by atoms with Crippen LogP contribution in [0, 0.1) is 20.9 Å². The van der Waals surface area contributed by atoms with Crippen LogP contribution in [0.5, 0.6) is 0 Å². The van der Waals surface area contributed by atoms with Crippen LogP contribution in [0.2, 0.25) is 0 Å². The SMILES string of the molecule is CC1(C)[C@@]2(C)CC[C@]1(C(=O)O[C@@H]1CCCNC1=C[N+](=O)[O-])OC2=O. The molecule has 0 aromatic rings. The van der Waals surface area contributed by atoms with E-state index in [-0.39, 0.29) is 11.7 Å². The van der Waals surface area contributed by atoms with E-state index in [2.05, 4.69) is 5.32 Å². The van der Waals surface area contributed by atoms with Crippen molar-refractivity contribution in [1.29, 1.82) is 0 Å². The lowest BCUT2D eigenvalue weighted by Gasteiger charge is -2.36. The summed E-state index contributed by atoms with van der Waals surface area (Å²) in [5.74, 6) is -0.983. The summed E-state index contributed by atoms with van der Waals surface area (Å²) in [5, 5.41) is 13.7. The summed E-state index contributed by atoms with van der Waals surface area (Å²) in [5.41, 5.74) is -2.44. The van der Waals surface area contributed by atoms with Crippen LogP contribution in [0.1, 0.15) is 46.5 Å². The Balaban J connectivity index is 1.85. The summed E-state index contributed by atoms with van der Waals surface area (Å²) >= 11 is 0. The van der Waals surface area contributed by atoms with Gasteiger partial charge in [0, 0.05) is 12.0 Å². The number of ether oxygens (including phenoxy) is 2. The number of carbonyl (C=O) groups excluding carboxylic acids is 2. The third-order valence-corrected chi connectivity index (χ3v) is 6.23. The first-order valence-electron chi connectivity index (χ1n) is 8.18. The lowest BCUT2D eigenvalue weighted by Crippen LogP contribution is -2.50. The van der Waals surface area contributed by atoms with Crippen LogP contribution in [-0.2, 0) is 19.1 Å². The lowest BCUT2D eigenvalue weighted by molar-refractivity contribution is -0.404. The van der Waals surface area contributed by atoms with Gasteiger partial charge in [-0.2, -0.15) is 0 Å². The maximum absolute atomic E-state index is 12.9. The summed E-state index contributed by atoms with van der Waals surface area (Å²) < 4.78 is 11.1. The zero-order valence-electron chi connectivity index (χ0n) is 14.1. The van der Waals surface area contributed by atoms with E-state index in [4.69, 9.17) is 9.47 Å². The molecule has 0 aromatic carbocycles. The molecule has 1 N–H and O–H groups in total. The minimum absolute atomic E-state index is 0.277. The van der Waals surface area contributed by atoms with E-state index < -0.39 is 33.4 Å². The Morgan fingerprint density at radius 3 is 2.67 bits per heavy atom. The molecule has 3 aliphatic rings. The van der Waals surface area contributed by atoms with Gasteiger partial charge in [0.2, 0.25) is 5.60 Å². The monoisotopic (exact) mass is 338 g/mol. The van der Waals surface area contributed by atoms with Crippen LogP contribution in [0.4, 0.5) is 0 Å². The van der Waals surface area contributed by atoms with Gasteiger partial charge in [0.25, 0.3) is 6.20 Å². The number of nitrogens with one attached hydrogen (secondary N) is 1. The Morgan fingerprint density at radius 1 is 1.42 bits per heavy atom. The molecule has 2 heterocycles. The zero-order chi connectivity index (χ0) is 17.8. The average Bonchev–Trinajstić information content (AvgIpc) is 2.79. The van der Waals surface area contributed by atoms with E-state index in [1.165, 1.54) is 0 Å². The van der Waals surface area contributed by atoms with Gasteiger partial charge < -0.3 is 14.8 Å². The highest BCUT2D eigenvalue weighted by Gasteiger charge is 2.76. The van der Waals surface area contributed by atoms with Gasteiger partial charge in [-0.15, -0.1) is 0 Å². The molecule has 1 aliphatic carbocycles. The third kappa shape index (κ3) is 2.04. The molecule has 2 saturated heterocycles. The molecule has 132 valence electrons. The van der Waals surface area contributed by atoms with Gasteiger partial charge in [0.1, 0.15) is 11.8 Å². The van der Waals surface area contributed by atoms with Gasteiger partial charge in [-0.05, 0) is 32.6 Å². The quantitative estimate of drug-likeness (QED) is 0.472. The molecule has 24 heavy (non-hydrogen) atoms. The number of hydrogen-bond acceptors (Lipinski definition) is 7. The van der Waals surface area contributed by atoms with Crippen LogP contribution in [0.25, 0.3) is 0 Å². The number of nitro groups is 1. The normalized spacial score (nSPS) is 38.5. The predicted octanol–water partition coefficient (Wildman–Crippen LogP) is 1.52. The first-order valence-corrected chi connectivity index (χ1v) is 8.18. The fourth-order valence-corrected chi connectivity index (χ4v) is 4.08. The Hall–Kier alpha value is -2.12. The van der Waals surface area contributed by atoms with E-state index in [1.807, 2.05) is 20.8 Å². The van der Waals surface area contributed by atoms with Crippen molar-refractivity contribution in [2.45, 2.75) is 58.2 Å². The number of nitrogens with zero attached hydrogens (tertiary/aromatic N) is 1. The molecule has 8 heteroatoms. The van der Waals surface area contributed by atoms with Crippen molar-refractivity contribution in [3.63, 3.8) is 0 Å². The Labute approximate surface area is 139 Å². The molecule has 2 bridgehead atoms. The van der Waals surface area contributed by atoms with Crippen molar-refractivity contribution in [1.82, 2.24) is 5.32 Å². The number of rotatable bonds is 3. The van der Waals surface area contributed by atoms with Crippen LogP contribution in [-0.4, -0.2) is 35.1 Å². The standard InChI is InChI=1S/C16H22N2O6/c1-14(2)15(3)6-7-16(14,24-12(15)19)13(20)23-11-5-4-8-17-10(11)9-18(21)22/h9,11,17H,4-8H2,1-3H3/t11-,15+,16-/m1/s1. The Bertz CT molecular complexity index is 642. The predicted molar refractivity (Wildman–Crippen MR) is 82.1 cm³/mol. The molecule has 1 saturated carbocycles. The van der Waals surface area contributed by atoms with Crippen molar-refractivity contribution < 1.29 is 24.0 Å². The molecule has 0 amide bonds. The molecule has 2 aliphatic heterocycles. The molecule has 0 aromatic heterocycles. The average molecular weight is 338 g/mol. The van der Waals surface area contributed by atoms with E-state index >= 15 is 0 Å². The Morgan fingerprint density at radius 2 is 2.12 bits per heavy atom. The van der Waals surface area contributed by atoms with Crippen molar-refractivity contribution in [3.05, 3.63) is 22.0 Å². The number of esters is 2. The first kappa shape index (κ1) is 16.7. The van der Waals surface area contributed by atoms with Crippen LogP contribution in [0.3, 0.4) is 0 Å². The number of piperidine rings is 1. The molecule has 8 nitrogen and oxygen atoms in total. The topological polar surface area (TPSA) is 108 Å². The van der Waals surface area contributed by atoms with Gasteiger partial charge in [0.15, 0.2) is 0 Å². The summed E-state index contributed by atoms with van der Waals surface area (Å²) in [7, 11) is 0. The Kier molecular flexibility index (Phi) is 3.62. The van der Waals surface area contributed by atoms with Crippen LogP contribution >= 0.6 is 0 Å². The number of hydrogen-bond donors (Lipinski definition) is 1. The largest absolute Gasteiger partial charge is 0.453 e. The molecule has 0 radical (unpaired) electrons. The second-order valence-electron chi connectivity index (χ2n) is 7.51. The summed E-state index contributed by atoms with van der Waals surface area (Å²) in [6.07, 6.45) is 2.33. The van der Waals surface area contributed by atoms with Crippen LogP contribution < -0.4 is 5.32 Å². The fraction of sp³-hybridized carbons (Fsp3) is 0.750. The smallest absolute Gasteiger partial charge is 0.351 e. The molecule has 3 atom stereocenters. The molecular weight excluding hydrogens is 316 g/mol. The summed E-state index contributed by atoms with van der Waals surface area (Å²) in [4.78, 5) is 35.3. The second kappa shape index (κ2) is 5.19. The minimum Gasteiger partial charge on any atom is -0.453 e. The van der Waals surface area contributed by atoms with Crippen molar-refractivity contribution in [2.75, 3.05) is 6.54 Å². The second-order valence-corrected chi connectivity index (χ2v) is 7.51. The molecule has 0 unspecified atom stereocenters. The summed E-state index contributed by atoms with van der Waals surface area (Å²) in [6, 6.07) is 0. The molecule has 3 rings (SSSR count). The van der Waals surface area contributed by atoms with E-state index in [0.29, 0.717) is 25.8 Å². The zero-order valence-corrected chi connectivity index (χ0v) is 14.1. The third-order valence-electron chi connectivity index (χ3n) is 6.23. The van der Waals surface area contributed by atoms with Crippen molar-refractivity contribution in [3.8, 4) is 0 Å². The van der Waals surface area contributed by atoms with Gasteiger partial charge in [0.05, 0.1) is 10.3 Å². The van der Waals surface area contributed by atoms with E-state index in [1.54, 1.807) is 0 Å². The molecular formula is C16H22N2O6. The van der Waals surface area contributed by atoms with Gasteiger partial charge in [-0.1, -0.05) is 13.8 Å². The maximum Gasteiger partial charge on any atom is 0.351 e. The van der Waals surface area contributed by atoms with Gasteiger partial charge in [-0.25, -0.2) is 4.79 Å². The lowest BCUT2D eigenvalue weighted by atomic mass is 9.66. The highest BCUT2D eigenvalue weighted by atomic mass is 16.6. The highest BCUT2D eigenvalue weighted by Crippen LogP contribution is 2.65. The van der Waals surface area contributed by atoms with Crippen LogP contribution in [0.15, 0.2) is 11.9 Å². The van der Waals surface area contributed by atoms with Crippen molar-refractivity contribution in [2.24, 2.45) is 10.8 Å². The van der Waals surface area contributed by atoms with Gasteiger partial charge >= 0.3 is 11.9 Å².